The molecule has 0 aliphatic carbocycles. The number of ether oxygens (including phenoxy) is 1. The summed E-state index contributed by atoms with van der Waals surface area (Å²) in [5, 5.41) is 15.2. The first kappa shape index (κ1) is 28.9. The first-order valence-electron chi connectivity index (χ1n) is 15.0. The molecule has 9 nitrogen and oxygen atoms in total. The van der Waals surface area contributed by atoms with Crippen LogP contribution >= 0.6 is 11.3 Å². The second-order valence-corrected chi connectivity index (χ2v) is 13.6. The van der Waals surface area contributed by atoms with E-state index in [1.54, 1.807) is 0 Å². The molecule has 6 heterocycles. The van der Waals surface area contributed by atoms with Crippen LogP contribution < -0.4 is 20.7 Å². The van der Waals surface area contributed by atoms with Gasteiger partial charge in [-0.15, -0.1) is 0 Å². The minimum absolute atomic E-state index is 0.0127. The van der Waals surface area contributed by atoms with Gasteiger partial charge in [0.25, 0.3) is 0 Å². The molecule has 2 aromatic carbocycles. The van der Waals surface area contributed by atoms with Crippen LogP contribution in [0.15, 0.2) is 18.2 Å². The number of nitrogens with zero attached hydrogens (tertiary/aromatic N) is 5. The molecule has 2 unspecified atom stereocenters. The second kappa shape index (κ2) is 10.2. The number of benzene rings is 2. The third-order valence-electron chi connectivity index (χ3n) is 9.76. The molecule has 4 aliphatic heterocycles. The number of phenolic OH excluding ortho intramolecular Hbond substituents is 1. The van der Waals surface area contributed by atoms with E-state index < -0.39 is 40.6 Å². The molecule has 2 bridgehead atoms. The van der Waals surface area contributed by atoms with E-state index in [1.807, 2.05) is 4.90 Å². The Morgan fingerprint density at radius 1 is 1.11 bits per heavy atom. The molecule has 4 N–H and O–H groups in total. The van der Waals surface area contributed by atoms with Crippen molar-refractivity contribution in [1.29, 1.82) is 0 Å². The lowest BCUT2D eigenvalue weighted by atomic mass is 9.94. The number of alkyl halides is 4. The molecular weight excluding hydrogens is 617 g/mol. The van der Waals surface area contributed by atoms with Gasteiger partial charge in [-0.05, 0) is 50.4 Å². The maximum absolute atomic E-state index is 14.8. The fourth-order valence-electron chi connectivity index (χ4n) is 7.83. The van der Waals surface area contributed by atoms with Crippen molar-refractivity contribution in [2.24, 2.45) is 0 Å². The van der Waals surface area contributed by atoms with Crippen LogP contribution in [0.1, 0.15) is 37.7 Å². The van der Waals surface area contributed by atoms with Gasteiger partial charge in [0, 0.05) is 54.7 Å². The summed E-state index contributed by atoms with van der Waals surface area (Å²) in [5.41, 5.74) is 3.23. The highest BCUT2D eigenvalue weighted by Crippen LogP contribution is 2.50. The maximum atomic E-state index is 14.8. The van der Waals surface area contributed by atoms with Crippen molar-refractivity contribution in [2.75, 3.05) is 43.4 Å². The molecule has 0 saturated carbocycles. The van der Waals surface area contributed by atoms with Gasteiger partial charge in [-0.25, -0.2) is 13.8 Å². The Hall–Kier alpha value is -3.56. The zero-order valence-electron chi connectivity index (χ0n) is 24.0. The molecule has 4 saturated heterocycles. The van der Waals surface area contributed by atoms with Gasteiger partial charge < -0.3 is 25.8 Å². The van der Waals surface area contributed by atoms with Crippen LogP contribution in [0.25, 0.3) is 32.2 Å². The highest BCUT2D eigenvalue weighted by atomic mass is 32.1. The van der Waals surface area contributed by atoms with Gasteiger partial charge in [0.15, 0.2) is 10.9 Å². The van der Waals surface area contributed by atoms with Crippen LogP contribution in [0.4, 0.5) is 32.9 Å². The Balaban J connectivity index is 1.32. The molecule has 2 aromatic heterocycles. The monoisotopic (exact) mass is 647 g/mol. The fourth-order valence-corrected chi connectivity index (χ4v) is 8.59. The number of hydrogen-bond acceptors (Lipinski definition) is 10. The van der Waals surface area contributed by atoms with Crippen molar-refractivity contribution in [3.05, 3.63) is 29.6 Å². The van der Waals surface area contributed by atoms with Crippen molar-refractivity contribution in [3.63, 3.8) is 0 Å². The lowest BCUT2D eigenvalue weighted by molar-refractivity contribution is -0.137. The summed E-state index contributed by atoms with van der Waals surface area (Å²) in [6, 6.07) is 3.29. The maximum Gasteiger partial charge on any atom is 0.417 e. The summed E-state index contributed by atoms with van der Waals surface area (Å²) >= 11 is 0.806. The van der Waals surface area contributed by atoms with Crippen molar-refractivity contribution >= 4 is 43.4 Å². The van der Waals surface area contributed by atoms with E-state index in [0.29, 0.717) is 26.1 Å². The Labute approximate surface area is 258 Å². The SMILES string of the molecule is Nc1nc2c(-c3c(C(F)(F)F)cc4c(N5CC6CCC(C5)N6)nc(OC[C@@]56CCCN5C[C@H](F)C6)nc4c3O)ccc(F)c2s1. The summed E-state index contributed by atoms with van der Waals surface area (Å²) in [4.78, 5) is 17.2. The van der Waals surface area contributed by atoms with E-state index in [-0.39, 0.29) is 62.3 Å². The molecule has 4 aliphatic rings. The summed E-state index contributed by atoms with van der Waals surface area (Å²) in [6.45, 7) is 2.20. The number of nitrogens with two attached hydrogens (primary N) is 1. The molecule has 0 amide bonds. The van der Waals surface area contributed by atoms with Gasteiger partial charge in [0.05, 0.1) is 21.3 Å². The van der Waals surface area contributed by atoms with E-state index in [9.17, 15) is 27.1 Å². The van der Waals surface area contributed by atoms with Crippen molar-refractivity contribution in [1.82, 2.24) is 25.2 Å². The number of aromatic nitrogens is 3. The molecule has 15 heteroatoms. The summed E-state index contributed by atoms with van der Waals surface area (Å²) in [7, 11) is 0. The molecule has 0 radical (unpaired) electrons. The topological polar surface area (TPSA) is 113 Å². The van der Waals surface area contributed by atoms with Gasteiger partial charge in [-0.2, -0.15) is 23.1 Å². The quantitative estimate of drug-likeness (QED) is 0.250. The number of rotatable bonds is 5. The highest BCUT2D eigenvalue weighted by Gasteiger charge is 2.49. The number of nitrogens with one attached hydrogen (secondary N) is 1. The van der Waals surface area contributed by atoms with Crippen LogP contribution in [0.5, 0.6) is 11.8 Å². The van der Waals surface area contributed by atoms with Gasteiger partial charge in [-0.3, -0.25) is 4.90 Å². The molecule has 4 aromatic rings. The zero-order valence-corrected chi connectivity index (χ0v) is 24.8. The van der Waals surface area contributed by atoms with Gasteiger partial charge in [0.1, 0.15) is 29.9 Å². The fraction of sp³-hybridized carbons (Fsp3) is 0.500. The predicted octanol–water partition coefficient (Wildman–Crippen LogP) is 5.25. The third-order valence-corrected chi connectivity index (χ3v) is 10.7. The number of halogens is 5. The highest BCUT2D eigenvalue weighted by molar-refractivity contribution is 7.22. The number of phenols is 1. The zero-order chi connectivity index (χ0) is 31.2. The number of nitrogen functional groups attached to an aromatic ring is 1. The average molecular weight is 648 g/mol. The smallest absolute Gasteiger partial charge is 0.417 e. The minimum Gasteiger partial charge on any atom is -0.505 e. The minimum atomic E-state index is -4.91. The molecule has 4 atom stereocenters. The number of fused-ring (bicyclic) bond motifs is 5. The normalized spacial score (nSPS) is 26.8. The van der Waals surface area contributed by atoms with E-state index in [0.717, 1.165) is 61.8 Å². The van der Waals surface area contributed by atoms with Crippen molar-refractivity contribution in [3.8, 4) is 22.9 Å². The lowest BCUT2D eigenvalue weighted by Gasteiger charge is -2.35. The van der Waals surface area contributed by atoms with Crippen LogP contribution in [0.2, 0.25) is 0 Å². The molecule has 8 rings (SSSR count). The Bertz CT molecular complexity index is 1820. The Morgan fingerprint density at radius 2 is 1.89 bits per heavy atom. The van der Waals surface area contributed by atoms with Crippen LogP contribution in [-0.4, -0.2) is 81.5 Å². The van der Waals surface area contributed by atoms with Crippen LogP contribution in [-0.2, 0) is 6.18 Å². The Morgan fingerprint density at radius 3 is 2.64 bits per heavy atom. The molecule has 45 heavy (non-hydrogen) atoms. The number of thiazole rings is 1. The molecule has 4 fully saturated rings. The predicted molar refractivity (Wildman–Crippen MR) is 160 cm³/mol. The second-order valence-electron chi connectivity index (χ2n) is 12.6. The van der Waals surface area contributed by atoms with E-state index in [4.69, 9.17) is 10.5 Å². The van der Waals surface area contributed by atoms with Crippen LogP contribution in [0.3, 0.4) is 0 Å². The first-order chi connectivity index (χ1) is 21.5. The first-order valence-corrected chi connectivity index (χ1v) is 15.8. The summed E-state index contributed by atoms with van der Waals surface area (Å²) in [6.07, 6.45) is -2.06. The average Bonchev–Trinajstić information content (AvgIpc) is 3.73. The van der Waals surface area contributed by atoms with Crippen LogP contribution in [0, 0.1) is 5.82 Å². The van der Waals surface area contributed by atoms with E-state index >= 15 is 0 Å². The number of piperazine rings is 1. The van der Waals surface area contributed by atoms with Crippen molar-refractivity contribution < 1.29 is 31.8 Å². The Kier molecular flexibility index (Phi) is 6.56. The summed E-state index contributed by atoms with van der Waals surface area (Å²) < 4.78 is 79.7. The summed E-state index contributed by atoms with van der Waals surface area (Å²) in [5.74, 6) is -1.22. The van der Waals surface area contributed by atoms with Crippen molar-refractivity contribution in [2.45, 2.75) is 62.1 Å². The third kappa shape index (κ3) is 4.73. The molecule has 238 valence electrons. The van der Waals surface area contributed by atoms with E-state index in [2.05, 4.69) is 25.2 Å². The van der Waals surface area contributed by atoms with Gasteiger partial charge in [0.2, 0.25) is 0 Å². The number of hydrogen-bond donors (Lipinski definition) is 3. The standard InChI is InChI=1S/C30H30F5N7O2S/c31-14-9-29(6-1-7-42(29)10-14)13-44-28-39-22-18(26(40-28)41-11-15-2-3-16(12-41)37-15)8-19(30(33,34)35)21(24(22)43)17-4-5-20(32)25-23(17)38-27(36)45-25/h4-5,8,14-16,37,43H,1-3,6-7,9-13H2,(H2,36,38)/t14-,15?,16?,29+/m1/s1. The van der Waals surface area contributed by atoms with E-state index in [1.165, 1.54) is 0 Å². The molecule has 0 spiro atoms. The van der Waals surface area contributed by atoms with Gasteiger partial charge >= 0.3 is 12.2 Å². The largest absolute Gasteiger partial charge is 0.505 e. The number of aromatic hydroxyl groups is 1. The van der Waals surface area contributed by atoms with Gasteiger partial charge in [-0.1, -0.05) is 11.3 Å². The number of anilines is 2. The molecular formula is C30H30F5N7O2S. The lowest BCUT2D eigenvalue weighted by Crippen LogP contribution is -2.51.